The first-order valence-corrected chi connectivity index (χ1v) is 10.9. The molecule has 0 unspecified atom stereocenters. The quantitative estimate of drug-likeness (QED) is 0.312. The summed E-state index contributed by atoms with van der Waals surface area (Å²) < 4.78 is 25.8. The van der Waals surface area contributed by atoms with E-state index in [1.807, 2.05) is 6.26 Å². The minimum atomic E-state index is -3.86. The summed E-state index contributed by atoms with van der Waals surface area (Å²) in [6.45, 7) is 1.06. The van der Waals surface area contributed by atoms with Gasteiger partial charge >= 0.3 is 0 Å². The summed E-state index contributed by atoms with van der Waals surface area (Å²) in [6.07, 6.45) is 2.73. The predicted octanol–water partition coefficient (Wildman–Crippen LogP) is 1.88. The van der Waals surface area contributed by atoms with E-state index < -0.39 is 27.4 Å². The maximum absolute atomic E-state index is 12.3. The van der Waals surface area contributed by atoms with Crippen molar-refractivity contribution in [2.45, 2.75) is 11.3 Å². The zero-order valence-corrected chi connectivity index (χ0v) is 16.4. The highest BCUT2D eigenvalue weighted by atomic mass is 32.2. The number of aryl methyl sites for hydroxylation is 1. The molecule has 0 aliphatic carbocycles. The van der Waals surface area contributed by atoms with Crippen LogP contribution in [0.2, 0.25) is 0 Å². The SMILES string of the molecule is CSc1nnc(NC(=O)CN(c2cc([N+](=O)[O-])ccc2C)S(C)(=O)=O)s1. The van der Waals surface area contributed by atoms with Crippen LogP contribution in [-0.4, -0.2) is 48.5 Å². The van der Waals surface area contributed by atoms with Crippen LogP contribution in [0.4, 0.5) is 16.5 Å². The van der Waals surface area contributed by atoms with E-state index in [0.717, 1.165) is 28.0 Å². The second-order valence-electron chi connectivity index (χ2n) is 5.12. The lowest BCUT2D eigenvalue weighted by Gasteiger charge is -2.23. The van der Waals surface area contributed by atoms with Gasteiger partial charge in [0.2, 0.25) is 21.1 Å². The van der Waals surface area contributed by atoms with Crippen molar-refractivity contribution in [3.8, 4) is 0 Å². The molecule has 0 saturated heterocycles. The molecule has 1 aromatic carbocycles. The minimum Gasteiger partial charge on any atom is -0.299 e. The Kier molecular flexibility index (Phi) is 6.15. The van der Waals surface area contributed by atoms with Gasteiger partial charge in [-0.05, 0) is 18.7 Å². The summed E-state index contributed by atoms with van der Waals surface area (Å²) in [4.78, 5) is 22.6. The first kappa shape index (κ1) is 20.1. The smallest absolute Gasteiger partial charge is 0.271 e. The van der Waals surface area contributed by atoms with Crippen LogP contribution in [0, 0.1) is 17.0 Å². The van der Waals surface area contributed by atoms with Crippen molar-refractivity contribution in [1.82, 2.24) is 10.2 Å². The lowest BCUT2D eigenvalue weighted by molar-refractivity contribution is -0.384. The Morgan fingerprint density at radius 2 is 2.12 bits per heavy atom. The molecule has 1 N–H and O–H groups in total. The molecular weight excluding hydrogens is 402 g/mol. The molecule has 10 nitrogen and oxygen atoms in total. The van der Waals surface area contributed by atoms with Crippen molar-refractivity contribution in [1.29, 1.82) is 0 Å². The summed E-state index contributed by atoms with van der Waals surface area (Å²) in [5.74, 6) is -0.634. The van der Waals surface area contributed by atoms with E-state index in [-0.39, 0.29) is 16.5 Å². The summed E-state index contributed by atoms with van der Waals surface area (Å²) in [7, 11) is -3.86. The largest absolute Gasteiger partial charge is 0.299 e. The van der Waals surface area contributed by atoms with Crippen LogP contribution < -0.4 is 9.62 Å². The molecule has 1 aromatic heterocycles. The molecule has 0 aliphatic rings. The van der Waals surface area contributed by atoms with Gasteiger partial charge in [0.25, 0.3) is 5.69 Å². The molecule has 0 fully saturated rings. The second kappa shape index (κ2) is 7.97. The molecule has 26 heavy (non-hydrogen) atoms. The van der Waals surface area contributed by atoms with Crippen molar-refractivity contribution in [3.05, 3.63) is 33.9 Å². The summed E-state index contributed by atoms with van der Waals surface area (Å²) in [5, 5.41) is 21.3. The predicted molar refractivity (Wildman–Crippen MR) is 100 cm³/mol. The third-order valence-corrected chi connectivity index (χ3v) is 6.13. The van der Waals surface area contributed by atoms with Crippen molar-refractivity contribution in [2.24, 2.45) is 0 Å². The molecule has 0 atom stereocenters. The van der Waals surface area contributed by atoms with Crippen LogP contribution in [0.1, 0.15) is 5.56 Å². The highest BCUT2D eigenvalue weighted by molar-refractivity contribution is 8.00. The van der Waals surface area contributed by atoms with Gasteiger partial charge in [-0.25, -0.2) is 8.42 Å². The van der Waals surface area contributed by atoms with E-state index in [9.17, 15) is 23.3 Å². The third-order valence-electron chi connectivity index (χ3n) is 3.19. The number of aromatic nitrogens is 2. The van der Waals surface area contributed by atoms with E-state index in [2.05, 4.69) is 15.5 Å². The zero-order valence-electron chi connectivity index (χ0n) is 14.0. The maximum Gasteiger partial charge on any atom is 0.271 e. The van der Waals surface area contributed by atoms with Gasteiger partial charge in [0, 0.05) is 12.1 Å². The van der Waals surface area contributed by atoms with Crippen LogP contribution in [0.15, 0.2) is 22.5 Å². The number of benzene rings is 1. The van der Waals surface area contributed by atoms with Gasteiger partial charge in [-0.15, -0.1) is 10.2 Å². The molecule has 0 aliphatic heterocycles. The molecule has 1 amide bonds. The number of thioether (sulfide) groups is 1. The highest BCUT2D eigenvalue weighted by Crippen LogP contribution is 2.28. The number of nitrogens with one attached hydrogen (secondary N) is 1. The Bertz CT molecular complexity index is 943. The van der Waals surface area contributed by atoms with Crippen molar-refractivity contribution in [3.63, 3.8) is 0 Å². The van der Waals surface area contributed by atoms with Crippen molar-refractivity contribution >= 4 is 55.5 Å². The second-order valence-corrected chi connectivity index (χ2v) is 9.06. The molecular formula is C13H15N5O5S3. The van der Waals surface area contributed by atoms with Crippen LogP contribution in [0.3, 0.4) is 0 Å². The fourth-order valence-electron chi connectivity index (χ4n) is 1.99. The average Bonchev–Trinajstić information content (AvgIpc) is 2.99. The Morgan fingerprint density at radius 3 is 2.65 bits per heavy atom. The van der Waals surface area contributed by atoms with E-state index in [1.54, 1.807) is 6.92 Å². The number of nitro groups is 1. The number of non-ortho nitro benzene ring substituents is 1. The number of carbonyl (C=O) groups excluding carboxylic acids is 1. The highest BCUT2D eigenvalue weighted by Gasteiger charge is 2.25. The molecule has 0 radical (unpaired) electrons. The van der Waals surface area contributed by atoms with Gasteiger partial charge < -0.3 is 0 Å². The van der Waals surface area contributed by atoms with Crippen LogP contribution >= 0.6 is 23.1 Å². The number of sulfonamides is 1. The molecule has 0 saturated carbocycles. The number of carbonyl (C=O) groups is 1. The van der Waals surface area contributed by atoms with Crippen molar-refractivity contribution < 1.29 is 18.1 Å². The van der Waals surface area contributed by atoms with Gasteiger partial charge in [-0.1, -0.05) is 29.2 Å². The topological polar surface area (TPSA) is 135 Å². The fraction of sp³-hybridized carbons (Fsp3) is 0.308. The van der Waals surface area contributed by atoms with Gasteiger partial charge in [0.05, 0.1) is 16.9 Å². The number of rotatable bonds is 7. The van der Waals surface area contributed by atoms with Gasteiger partial charge in [-0.3, -0.25) is 24.5 Å². The first-order chi connectivity index (χ1) is 12.1. The van der Waals surface area contributed by atoms with Crippen molar-refractivity contribution in [2.75, 3.05) is 28.7 Å². The standard InChI is InChI=1S/C13H15N5O5S3/c1-8-4-5-9(18(20)21)6-10(8)17(26(3,22)23)7-11(19)14-12-15-16-13(24-2)25-12/h4-6H,7H2,1-3H3,(H,14,15,19). The molecule has 2 rings (SSSR count). The lowest BCUT2D eigenvalue weighted by Crippen LogP contribution is -2.37. The van der Waals surface area contributed by atoms with Crippen LogP contribution in [0.25, 0.3) is 0 Å². The third kappa shape index (κ3) is 4.89. The number of anilines is 2. The van der Waals surface area contributed by atoms with E-state index in [1.165, 1.54) is 23.9 Å². The monoisotopic (exact) mass is 417 g/mol. The van der Waals surface area contributed by atoms with Crippen LogP contribution in [-0.2, 0) is 14.8 Å². The Morgan fingerprint density at radius 1 is 1.42 bits per heavy atom. The number of nitro benzene ring substituents is 1. The molecule has 2 aromatic rings. The Balaban J connectivity index is 2.30. The fourth-order valence-corrected chi connectivity index (χ4v) is 4.09. The van der Waals surface area contributed by atoms with E-state index in [0.29, 0.717) is 9.90 Å². The summed E-state index contributed by atoms with van der Waals surface area (Å²) in [5.41, 5.74) is 0.279. The molecule has 1 heterocycles. The zero-order chi connectivity index (χ0) is 19.5. The van der Waals surface area contributed by atoms with E-state index in [4.69, 9.17) is 0 Å². The molecule has 0 spiro atoms. The average molecular weight is 417 g/mol. The first-order valence-electron chi connectivity index (χ1n) is 7.02. The van der Waals surface area contributed by atoms with E-state index >= 15 is 0 Å². The minimum absolute atomic E-state index is 0.0684. The lowest BCUT2D eigenvalue weighted by atomic mass is 10.2. The number of nitrogens with zero attached hydrogens (tertiary/aromatic N) is 4. The molecule has 13 heteroatoms. The normalized spacial score (nSPS) is 11.2. The molecule has 140 valence electrons. The maximum atomic E-state index is 12.3. The van der Waals surface area contributed by atoms with Gasteiger partial charge in [0.1, 0.15) is 6.54 Å². The summed E-state index contributed by atoms with van der Waals surface area (Å²) in [6, 6.07) is 3.82. The Hall–Kier alpha value is -2.25. The summed E-state index contributed by atoms with van der Waals surface area (Å²) >= 11 is 2.51. The van der Waals surface area contributed by atoms with Gasteiger partial charge in [0.15, 0.2) is 4.34 Å². The van der Waals surface area contributed by atoms with Crippen LogP contribution in [0.5, 0.6) is 0 Å². The number of hydrogen-bond donors (Lipinski definition) is 1. The number of amides is 1. The Labute approximate surface area is 157 Å². The van der Waals surface area contributed by atoms with Gasteiger partial charge in [-0.2, -0.15) is 0 Å². The number of hydrogen-bond acceptors (Lipinski definition) is 9. The molecule has 0 bridgehead atoms.